The first-order valence-electron chi connectivity index (χ1n) is 5.96. The van der Waals surface area contributed by atoms with Crippen LogP contribution in [-0.4, -0.2) is 21.7 Å². The summed E-state index contributed by atoms with van der Waals surface area (Å²) < 4.78 is 0. The number of nitrogens with zero attached hydrogens (tertiary/aromatic N) is 2. The lowest BCUT2D eigenvalue weighted by molar-refractivity contribution is 0.574. The molecule has 2 N–H and O–H groups in total. The molecule has 1 unspecified atom stereocenters. The van der Waals surface area contributed by atoms with Crippen molar-refractivity contribution < 1.29 is 0 Å². The lowest BCUT2D eigenvalue weighted by atomic mass is 10.0. The third-order valence-corrected chi connectivity index (χ3v) is 2.72. The molecule has 0 spiro atoms. The number of nitrogens with one attached hydrogen (secondary N) is 2. The summed E-state index contributed by atoms with van der Waals surface area (Å²) >= 11 is 0. The molecule has 0 bridgehead atoms. The van der Waals surface area contributed by atoms with E-state index in [1.807, 2.05) is 0 Å². The molecule has 4 heteroatoms. The molecule has 0 aliphatic rings. The molecule has 2 aromatic rings. The smallest absolute Gasteiger partial charge is 0.145 e. The molecule has 0 fully saturated rings. The van der Waals surface area contributed by atoms with Gasteiger partial charge >= 0.3 is 0 Å². The van der Waals surface area contributed by atoms with Crippen molar-refractivity contribution in [3.05, 3.63) is 47.5 Å². The minimum absolute atomic E-state index is 0.0954. The predicted octanol–water partition coefficient (Wildman–Crippen LogP) is 2.20. The zero-order valence-corrected chi connectivity index (χ0v) is 10.3. The van der Waals surface area contributed by atoms with E-state index in [-0.39, 0.29) is 6.04 Å². The number of hydrogen-bond donors (Lipinski definition) is 2. The SMILES string of the molecule is CCCNC(c1ccc(C)cc1)c1ncn[nH]1. The second kappa shape index (κ2) is 5.59. The largest absolute Gasteiger partial charge is 0.304 e. The molecule has 1 aromatic heterocycles. The van der Waals surface area contributed by atoms with E-state index in [0.717, 1.165) is 18.8 Å². The first-order valence-corrected chi connectivity index (χ1v) is 5.96. The molecular formula is C13H18N4. The Labute approximate surface area is 101 Å². The summed E-state index contributed by atoms with van der Waals surface area (Å²) in [5, 5.41) is 10.3. The van der Waals surface area contributed by atoms with E-state index in [1.165, 1.54) is 11.1 Å². The Morgan fingerprint density at radius 1 is 1.29 bits per heavy atom. The number of H-pyrrole nitrogens is 1. The molecule has 4 nitrogen and oxygen atoms in total. The van der Waals surface area contributed by atoms with Gasteiger partial charge in [-0.3, -0.25) is 5.10 Å². The summed E-state index contributed by atoms with van der Waals surface area (Å²) in [7, 11) is 0. The Balaban J connectivity index is 2.23. The molecule has 1 aromatic carbocycles. The highest BCUT2D eigenvalue weighted by Crippen LogP contribution is 2.18. The number of aromatic nitrogens is 3. The average Bonchev–Trinajstić information content (AvgIpc) is 2.85. The van der Waals surface area contributed by atoms with Gasteiger partial charge < -0.3 is 5.32 Å². The molecule has 1 heterocycles. The maximum atomic E-state index is 4.24. The van der Waals surface area contributed by atoms with Gasteiger partial charge in [0.15, 0.2) is 0 Å². The van der Waals surface area contributed by atoms with E-state index >= 15 is 0 Å². The van der Waals surface area contributed by atoms with Crippen molar-refractivity contribution in [1.82, 2.24) is 20.5 Å². The normalized spacial score (nSPS) is 12.6. The van der Waals surface area contributed by atoms with Crippen LogP contribution in [0.1, 0.15) is 36.3 Å². The summed E-state index contributed by atoms with van der Waals surface area (Å²) in [5.74, 6) is 0.863. The highest BCUT2D eigenvalue weighted by Gasteiger charge is 2.15. The molecule has 0 saturated heterocycles. The Morgan fingerprint density at radius 3 is 2.65 bits per heavy atom. The number of benzene rings is 1. The number of aryl methyl sites for hydroxylation is 1. The fourth-order valence-corrected chi connectivity index (χ4v) is 1.77. The second-order valence-electron chi connectivity index (χ2n) is 4.17. The quantitative estimate of drug-likeness (QED) is 0.828. The molecule has 0 radical (unpaired) electrons. The van der Waals surface area contributed by atoms with Gasteiger partial charge in [-0.05, 0) is 25.5 Å². The van der Waals surface area contributed by atoms with Crippen LogP contribution < -0.4 is 5.32 Å². The van der Waals surface area contributed by atoms with Gasteiger partial charge in [-0.2, -0.15) is 5.10 Å². The Kier molecular flexibility index (Phi) is 3.88. The molecule has 17 heavy (non-hydrogen) atoms. The monoisotopic (exact) mass is 230 g/mol. The van der Waals surface area contributed by atoms with Crippen LogP contribution in [0.3, 0.4) is 0 Å². The first kappa shape index (κ1) is 11.8. The van der Waals surface area contributed by atoms with E-state index in [0.29, 0.717) is 0 Å². The third kappa shape index (κ3) is 2.91. The zero-order valence-electron chi connectivity index (χ0n) is 10.3. The van der Waals surface area contributed by atoms with Crippen molar-refractivity contribution in [3.8, 4) is 0 Å². The van der Waals surface area contributed by atoms with Gasteiger partial charge in [-0.15, -0.1) is 0 Å². The topological polar surface area (TPSA) is 53.6 Å². The van der Waals surface area contributed by atoms with Crippen LogP contribution in [0.2, 0.25) is 0 Å². The Morgan fingerprint density at radius 2 is 2.06 bits per heavy atom. The van der Waals surface area contributed by atoms with Crippen LogP contribution in [0.15, 0.2) is 30.6 Å². The number of aromatic amines is 1. The Bertz CT molecular complexity index is 433. The van der Waals surface area contributed by atoms with Crippen LogP contribution in [0.5, 0.6) is 0 Å². The predicted molar refractivity (Wildman–Crippen MR) is 67.7 cm³/mol. The standard InChI is InChI=1S/C13H18N4/c1-3-8-14-12(13-15-9-16-17-13)11-6-4-10(2)5-7-11/h4-7,9,12,14H,3,8H2,1-2H3,(H,15,16,17). The maximum absolute atomic E-state index is 4.24. The van der Waals surface area contributed by atoms with Gasteiger partial charge in [-0.1, -0.05) is 36.8 Å². The fraction of sp³-hybridized carbons (Fsp3) is 0.385. The second-order valence-corrected chi connectivity index (χ2v) is 4.17. The van der Waals surface area contributed by atoms with Crippen molar-refractivity contribution in [1.29, 1.82) is 0 Å². The average molecular weight is 230 g/mol. The third-order valence-electron chi connectivity index (χ3n) is 2.72. The van der Waals surface area contributed by atoms with Gasteiger partial charge in [0.25, 0.3) is 0 Å². The fourth-order valence-electron chi connectivity index (χ4n) is 1.77. The molecule has 2 rings (SSSR count). The van der Waals surface area contributed by atoms with Crippen LogP contribution in [0.25, 0.3) is 0 Å². The van der Waals surface area contributed by atoms with Gasteiger partial charge in [0.2, 0.25) is 0 Å². The van der Waals surface area contributed by atoms with Crippen molar-refractivity contribution >= 4 is 0 Å². The van der Waals surface area contributed by atoms with Gasteiger partial charge in [0.05, 0.1) is 6.04 Å². The summed E-state index contributed by atoms with van der Waals surface area (Å²) in [4.78, 5) is 4.24. The minimum atomic E-state index is 0.0954. The van der Waals surface area contributed by atoms with Gasteiger partial charge in [0.1, 0.15) is 12.2 Å². The van der Waals surface area contributed by atoms with Crippen LogP contribution in [0.4, 0.5) is 0 Å². The van der Waals surface area contributed by atoms with E-state index in [9.17, 15) is 0 Å². The number of rotatable bonds is 5. The Hall–Kier alpha value is -1.68. The summed E-state index contributed by atoms with van der Waals surface area (Å²) in [6.07, 6.45) is 2.64. The molecule has 0 aliphatic heterocycles. The molecule has 0 saturated carbocycles. The van der Waals surface area contributed by atoms with Crippen LogP contribution in [-0.2, 0) is 0 Å². The molecule has 1 atom stereocenters. The summed E-state index contributed by atoms with van der Waals surface area (Å²) in [5.41, 5.74) is 2.47. The highest BCUT2D eigenvalue weighted by atomic mass is 15.2. The molecule has 0 amide bonds. The lowest BCUT2D eigenvalue weighted by Crippen LogP contribution is -2.24. The molecule has 90 valence electrons. The summed E-state index contributed by atoms with van der Waals surface area (Å²) in [6, 6.07) is 8.59. The highest BCUT2D eigenvalue weighted by molar-refractivity contribution is 5.27. The van der Waals surface area contributed by atoms with Crippen LogP contribution in [0, 0.1) is 6.92 Å². The first-order chi connectivity index (χ1) is 8.31. The van der Waals surface area contributed by atoms with Crippen molar-refractivity contribution in [2.45, 2.75) is 26.3 Å². The minimum Gasteiger partial charge on any atom is -0.304 e. The van der Waals surface area contributed by atoms with E-state index in [4.69, 9.17) is 0 Å². The van der Waals surface area contributed by atoms with E-state index in [1.54, 1.807) is 6.33 Å². The van der Waals surface area contributed by atoms with Crippen molar-refractivity contribution in [2.75, 3.05) is 6.54 Å². The molecule has 0 aliphatic carbocycles. The van der Waals surface area contributed by atoms with Crippen molar-refractivity contribution in [3.63, 3.8) is 0 Å². The van der Waals surface area contributed by atoms with Crippen LogP contribution >= 0.6 is 0 Å². The van der Waals surface area contributed by atoms with Crippen molar-refractivity contribution in [2.24, 2.45) is 0 Å². The summed E-state index contributed by atoms with van der Waals surface area (Å²) in [6.45, 7) is 5.20. The van der Waals surface area contributed by atoms with E-state index in [2.05, 4.69) is 58.6 Å². The van der Waals surface area contributed by atoms with E-state index < -0.39 is 0 Å². The lowest BCUT2D eigenvalue weighted by Gasteiger charge is -2.16. The molecular weight excluding hydrogens is 212 g/mol. The van der Waals surface area contributed by atoms with Gasteiger partial charge in [-0.25, -0.2) is 4.98 Å². The van der Waals surface area contributed by atoms with Gasteiger partial charge in [0, 0.05) is 0 Å². The number of hydrogen-bond acceptors (Lipinski definition) is 3. The zero-order chi connectivity index (χ0) is 12.1. The maximum Gasteiger partial charge on any atom is 0.145 e.